The van der Waals surface area contributed by atoms with Crippen molar-refractivity contribution in [2.24, 2.45) is 0 Å². The molecule has 1 aromatic carbocycles. The maximum atomic E-state index is 12.6. The highest BCUT2D eigenvalue weighted by molar-refractivity contribution is 5.80. The summed E-state index contributed by atoms with van der Waals surface area (Å²) in [5.74, 6) is -0.360. The van der Waals surface area contributed by atoms with Crippen molar-refractivity contribution >= 4 is 11.6 Å². The summed E-state index contributed by atoms with van der Waals surface area (Å²) in [5, 5.41) is 5.65. The third-order valence-corrected chi connectivity index (χ3v) is 1.75. The quantitative estimate of drug-likeness (QED) is 0.795. The second-order valence-electron chi connectivity index (χ2n) is 3.58. The van der Waals surface area contributed by atoms with E-state index in [-0.39, 0.29) is 24.3 Å². The molecule has 0 radical (unpaired) electrons. The van der Waals surface area contributed by atoms with Crippen LogP contribution in [0, 0.1) is 5.82 Å². The lowest BCUT2D eigenvalue weighted by atomic mass is 10.3. The summed E-state index contributed by atoms with van der Waals surface area (Å²) in [6.07, 6.45) is 0. The van der Waals surface area contributed by atoms with Crippen molar-refractivity contribution in [1.29, 1.82) is 0 Å². The number of hydrogen-bond acceptors (Lipinski definition) is 2. The molecule has 4 heteroatoms. The van der Waals surface area contributed by atoms with Gasteiger partial charge in [-0.25, -0.2) is 4.39 Å². The summed E-state index contributed by atoms with van der Waals surface area (Å²) >= 11 is 0. The van der Waals surface area contributed by atoms with E-state index in [1.807, 2.05) is 13.8 Å². The normalized spacial score (nSPS) is 10.1. The Morgan fingerprint density at radius 1 is 1.33 bits per heavy atom. The zero-order valence-corrected chi connectivity index (χ0v) is 8.88. The van der Waals surface area contributed by atoms with E-state index in [1.165, 1.54) is 12.1 Å². The van der Waals surface area contributed by atoms with Gasteiger partial charge in [0.15, 0.2) is 0 Å². The number of carbonyl (C=O) groups excluding carboxylic acids is 1. The fourth-order valence-electron chi connectivity index (χ4n) is 1.12. The smallest absolute Gasteiger partial charge is 0.239 e. The Labute approximate surface area is 88.7 Å². The van der Waals surface area contributed by atoms with Gasteiger partial charge in [0.25, 0.3) is 0 Å². The van der Waals surface area contributed by atoms with Crippen molar-refractivity contribution in [3.63, 3.8) is 0 Å². The van der Waals surface area contributed by atoms with Crippen molar-refractivity contribution in [2.45, 2.75) is 19.9 Å². The van der Waals surface area contributed by atoms with Crippen molar-refractivity contribution < 1.29 is 9.18 Å². The Bertz CT molecular complexity index is 322. The second-order valence-corrected chi connectivity index (χ2v) is 3.58. The number of carbonyl (C=O) groups is 1. The fraction of sp³-hybridized carbons (Fsp3) is 0.364. The van der Waals surface area contributed by atoms with Gasteiger partial charge in [0, 0.05) is 11.7 Å². The molecule has 0 aliphatic rings. The highest BCUT2D eigenvalue weighted by Gasteiger charge is 2.02. The minimum Gasteiger partial charge on any atom is -0.376 e. The van der Waals surface area contributed by atoms with Crippen molar-refractivity contribution in [1.82, 2.24) is 5.32 Å². The van der Waals surface area contributed by atoms with Gasteiger partial charge in [-0.1, -0.05) is 0 Å². The number of anilines is 1. The first-order chi connectivity index (χ1) is 7.08. The predicted octanol–water partition coefficient (Wildman–Crippen LogP) is 1.76. The molecule has 0 spiro atoms. The van der Waals surface area contributed by atoms with E-state index in [9.17, 15) is 9.18 Å². The van der Waals surface area contributed by atoms with Crippen molar-refractivity contribution in [2.75, 3.05) is 11.9 Å². The number of nitrogens with one attached hydrogen (secondary N) is 2. The van der Waals surface area contributed by atoms with Crippen LogP contribution in [0.15, 0.2) is 24.3 Å². The molecule has 15 heavy (non-hydrogen) atoms. The molecule has 0 atom stereocenters. The van der Waals surface area contributed by atoms with Crippen LogP contribution in [-0.2, 0) is 4.79 Å². The van der Waals surface area contributed by atoms with Gasteiger partial charge >= 0.3 is 0 Å². The molecule has 0 unspecified atom stereocenters. The number of hydrogen-bond donors (Lipinski definition) is 2. The zero-order valence-electron chi connectivity index (χ0n) is 8.88. The SMILES string of the molecule is CC(C)NC(=O)CNc1ccc(F)cc1. The molecule has 0 aliphatic heterocycles. The second kappa shape index (κ2) is 5.34. The molecule has 1 aromatic rings. The maximum Gasteiger partial charge on any atom is 0.239 e. The molecule has 0 heterocycles. The number of benzene rings is 1. The minimum absolute atomic E-state index is 0.0747. The van der Waals surface area contributed by atoms with E-state index in [2.05, 4.69) is 10.6 Å². The molecule has 82 valence electrons. The third-order valence-electron chi connectivity index (χ3n) is 1.75. The molecule has 0 saturated heterocycles. The molecule has 0 fully saturated rings. The van der Waals surface area contributed by atoms with Gasteiger partial charge in [0.2, 0.25) is 5.91 Å². The van der Waals surface area contributed by atoms with Crippen molar-refractivity contribution in [3.8, 4) is 0 Å². The summed E-state index contributed by atoms with van der Waals surface area (Å²) in [6, 6.07) is 6.02. The molecule has 3 nitrogen and oxygen atoms in total. The number of halogens is 1. The largest absolute Gasteiger partial charge is 0.376 e. The third kappa shape index (κ3) is 4.44. The average molecular weight is 210 g/mol. The molecule has 0 aromatic heterocycles. The zero-order chi connectivity index (χ0) is 11.3. The first-order valence-corrected chi connectivity index (χ1v) is 4.86. The molecule has 0 aliphatic carbocycles. The Hall–Kier alpha value is -1.58. The number of rotatable bonds is 4. The first-order valence-electron chi connectivity index (χ1n) is 4.86. The first kappa shape index (κ1) is 11.5. The maximum absolute atomic E-state index is 12.6. The van der Waals surface area contributed by atoms with Crippen LogP contribution in [0.3, 0.4) is 0 Å². The van der Waals surface area contributed by atoms with Crippen LogP contribution in [0.2, 0.25) is 0 Å². The summed E-state index contributed by atoms with van der Waals surface area (Å²) < 4.78 is 12.6. The Balaban J connectivity index is 2.37. The molecule has 0 bridgehead atoms. The van der Waals surface area contributed by atoms with Crippen LogP contribution >= 0.6 is 0 Å². The van der Waals surface area contributed by atoms with Gasteiger partial charge < -0.3 is 10.6 Å². The van der Waals surface area contributed by atoms with Crippen LogP contribution in [-0.4, -0.2) is 18.5 Å². The standard InChI is InChI=1S/C11H15FN2O/c1-8(2)14-11(15)7-13-10-5-3-9(12)4-6-10/h3-6,8,13H,7H2,1-2H3,(H,14,15). The van der Waals surface area contributed by atoms with Gasteiger partial charge in [0.05, 0.1) is 6.54 Å². The van der Waals surface area contributed by atoms with E-state index in [0.29, 0.717) is 0 Å². The molecule has 0 saturated carbocycles. The summed E-state index contributed by atoms with van der Waals surface area (Å²) in [4.78, 5) is 11.2. The lowest BCUT2D eigenvalue weighted by Gasteiger charge is -2.09. The minimum atomic E-state index is -0.285. The van der Waals surface area contributed by atoms with Crippen molar-refractivity contribution in [3.05, 3.63) is 30.1 Å². The van der Waals surface area contributed by atoms with E-state index in [4.69, 9.17) is 0 Å². The van der Waals surface area contributed by atoms with E-state index < -0.39 is 0 Å². The topological polar surface area (TPSA) is 41.1 Å². The molecular formula is C11H15FN2O. The highest BCUT2D eigenvalue weighted by atomic mass is 19.1. The van der Waals surface area contributed by atoms with Crippen LogP contribution in [0.1, 0.15) is 13.8 Å². The average Bonchev–Trinajstić information content (AvgIpc) is 2.16. The summed E-state index contributed by atoms with van der Waals surface area (Å²) in [5.41, 5.74) is 0.732. The number of amides is 1. The fourth-order valence-corrected chi connectivity index (χ4v) is 1.12. The Kier molecular flexibility index (Phi) is 4.09. The highest BCUT2D eigenvalue weighted by Crippen LogP contribution is 2.07. The van der Waals surface area contributed by atoms with E-state index in [0.717, 1.165) is 5.69 Å². The lowest BCUT2D eigenvalue weighted by Crippen LogP contribution is -2.34. The van der Waals surface area contributed by atoms with E-state index >= 15 is 0 Å². The van der Waals surface area contributed by atoms with Gasteiger partial charge in [-0.05, 0) is 38.1 Å². The van der Waals surface area contributed by atoms with Crippen LogP contribution in [0.25, 0.3) is 0 Å². The molecular weight excluding hydrogens is 195 g/mol. The van der Waals surface area contributed by atoms with Crippen LogP contribution in [0.4, 0.5) is 10.1 Å². The van der Waals surface area contributed by atoms with Gasteiger partial charge in [-0.15, -0.1) is 0 Å². The van der Waals surface area contributed by atoms with Crippen LogP contribution < -0.4 is 10.6 Å². The van der Waals surface area contributed by atoms with Gasteiger partial charge in [0.1, 0.15) is 5.82 Å². The predicted molar refractivity (Wildman–Crippen MR) is 58.2 cm³/mol. The molecule has 2 N–H and O–H groups in total. The van der Waals surface area contributed by atoms with E-state index in [1.54, 1.807) is 12.1 Å². The van der Waals surface area contributed by atoms with Gasteiger partial charge in [-0.2, -0.15) is 0 Å². The molecule has 1 amide bonds. The Morgan fingerprint density at radius 3 is 2.47 bits per heavy atom. The lowest BCUT2D eigenvalue weighted by molar-refractivity contribution is -0.119. The van der Waals surface area contributed by atoms with Crippen LogP contribution in [0.5, 0.6) is 0 Å². The Morgan fingerprint density at radius 2 is 1.93 bits per heavy atom. The van der Waals surface area contributed by atoms with Gasteiger partial charge in [-0.3, -0.25) is 4.79 Å². The summed E-state index contributed by atoms with van der Waals surface area (Å²) in [7, 11) is 0. The monoisotopic (exact) mass is 210 g/mol. The summed E-state index contributed by atoms with van der Waals surface area (Å²) in [6.45, 7) is 4.00. The molecule has 1 rings (SSSR count).